The van der Waals surface area contributed by atoms with Gasteiger partial charge in [-0.1, -0.05) is 22.6 Å². The summed E-state index contributed by atoms with van der Waals surface area (Å²) in [7, 11) is 0. The van der Waals surface area contributed by atoms with Gasteiger partial charge in [0.25, 0.3) is 0 Å². The molecule has 0 radical (unpaired) electrons. The van der Waals surface area contributed by atoms with E-state index in [2.05, 4.69) is 27.6 Å². The van der Waals surface area contributed by atoms with Crippen molar-refractivity contribution in [1.82, 2.24) is 4.98 Å². The summed E-state index contributed by atoms with van der Waals surface area (Å²) in [5.74, 6) is -0.274. The normalized spacial score (nSPS) is 9.56. The Morgan fingerprint density at radius 2 is 2.33 bits per heavy atom. The highest BCUT2D eigenvalue weighted by Crippen LogP contribution is 2.02. The van der Waals surface area contributed by atoms with Crippen molar-refractivity contribution < 1.29 is 4.39 Å². The van der Waals surface area contributed by atoms with E-state index in [1.54, 1.807) is 6.07 Å². The van der Waals surface area contributed by atoms with E-state index in [9.17, 15) is 4.39 Å². The molecule has 0 aliphatic heterocycles. The first-order chi connectivity index (χ1) is 4.33. The van der Waals surface area contributed by atoms with Crippen molar-refractivity contribution in [2.24, 2.45) is 0 Å². The molecule has 0 saturated heterocycles. The zero-order valence-corrected chi connectivity index (χ0v) is 6.80. The minimum atomic E-state index is -0.274. The van der Waals surface area contributed by atoms with Crippen LogP contribution >= 0.6 is 22.6 Å². The fourth-order valence-corrected chi connectivity index (χ4v) is 0.937. The van der Waals surface area contributed by atoms with Gasteiger partial charge in [-0.25, -0.2) is 4.39 Å². The molecule has 0 saturated carbocycles. The van der Waals surface area contributed by atoms with Gasteiger partial charge in [-0.3, -0.25) is 4.98 Å². The van der Waals surface area contributed by atoms with Crippen LogP contribution in [0.2, 0.25) is 0 Å². The van der Waals surface area contributed by atoms with Gasteiger partial charge in [-0.2, -0.15) is 0 Å². The van der Waals surface area contributed by atoms with E-state index in [-0.39, 0.29) is 5.82 Å². The molecule has 0 N–H and O–H groups in total. The Morgan fingerprint density at radius 1 is 1.56 bits per heavy atom. The molecule has 3 heteroatoms. The van der Waals surface area contributed by atoms with Gasteiger partial charge >= 0.3 is 0 Å². The zero-order valence-electron chi connectivity index (χ0n) is 4.64. The highest BCUT2D eigenvalue weighted by molar-refractivity contribution is 14.1. The molecule has 0 fully saturated rings. The van der Waals surface area contributed by atoms with Crippen LogP contribution < -0.4 is 0 Å². The van der Waals surface area contributed by atoms with E-state index in [1.807, 2.05) is 0 Å². The number of hydrogen-bond donors (Lipinski definition) is 0. The molecule has 0 amide bonds. The molecule has 1 rings (SSSR count). The molecule has 1 aromatic heterocycles. The topological polar surface area (TPSA) is 12.9 Å². The molecule has 0 bridgehead atoms. The van der Waals surface area contributed by atoms with Crippen molar-refractivity contribution in [3.8, 4) is 0 Å². The van der Waals surface area contributed by atoms with Gasteiger partial charge in [-0.05, 0) is 12.1 Å². The number of alkyl halides is 1. The Kier molecular flexibility index (Phi) is 2.38. The van der Waals surface area contributed by atoms with Gasteiger partial charge in [0.15, 0.2) is 0 Å². The number of nitrogens with zero attached hydrogens (tertiary/aromatic N) is 1. The summed E-state index contributed by atoms with van der Waals surface area (Å²) < 4.78 is 13.0. The van der Waals surface area contributed by atoms with Gasteiger partial charge < -0.3 is 0 Å². The van der Waals surface area contributed by atoms with Gasteiger partial charge in [0, 0.05) is 4.43 Å². The molecule has 0 spiro atoms. The smallest absolute Gasteiger partial charge is 0.141 e. The predicted molar refractivity (Wildman–Crippen MR) is 41.9 cm³/mol. The summed E-state index contributed by atoms with van der Waals surface area (Å²) in [5, 5.41) is 0. The fraction of sp³-hybridized carbons (Fsp3) is 0.167. The van der Waals surface area contributed by atoms with Gasteiger partial charge in [0.05, 0.1) is 11.9 Å². The Balaban J connectivity index is 2.88. The largest absolute Gasteiger partial charge is 0.257 e. The van der Waals surface area contributed by atoms with Crippen LogP contribution in [0, 0.1) is 5.82 Å². The lowest BCUT2D eigenvalue weighted by Crippen LogP contribution is -1.83. The lowest BCUT2D eigenvalue weighted by molar-refractivity contribution is 0.620. The second-order valence-corrected chi connectivity index (χ2v) is 2.36. The van der Waals surface area contributed by atoms with Crippen LogP contribution in [0.15, 0.2) is 18.3 Å². The third-order valence-electron chi connectivity index (χ3n) is 0.926. The van der Waals surface area contributed by atoms with Crippen molar-refractivity contribution in [2.75, 3.05) is 0 Å². The molecule has 1 aromatic rings. The van der Waals surface area contributed by atoms with E-state index in [0.29, 0.717) is 0 Å². The number of hydrogen-bond acceptors (Lipinski definition) is 1. The van der Waals surface area contributed by atoms with E-state index in [4.69, 9.17) is 0 Å². The third-order valence-corrected chi connectivity index (χ3v) is 1.71. The van der Waals surface area contributed by atoms with Crippen molar-refractivity contribution in [3.63, 3.8) is 0 Å². The minimum absolute atomic E-state index is 0.274. The number of aromatic nitrogens is 1. The van der Waals surface area contributed by atoms with Gasteiger partial charge in [0.2, 0.25) is 0 Å². The van der Waals surface area contributed by atoms with Gasteiger partial charge in [0.1, 0.15) is 5.82 Å². The van der Waals surface area contributed by atoms with E-state index < -0.39 is 0 Å². The summed E-state index contributed by atoms with van der Waals surface area (Å²) >= 11 is 2.18. The predicted octanol–water partition coefficient (Wildman–Crippen LogP) is 2.16. The van der Waals surface area contributed by atoms with Crippen molar-refractivity contribution >= 4 is 22.6 Å². The summed E-state index contributed by atoms with van der Waals surface area (Å²) in [6, 6.07) is 3.10. The molecule has 0 aliphatic carbocycles. The van der Waals surface area contributed by atoms with Crippen LogP contribution in [0.4, 0.5) is 4.39 Å². The second-order valence-electron chi connectivity index (χ2n) is 1.60. The molecular formula is C6H5FIN. The lowest BCUT2D eigenvalue weighted by Gasteiger charge is -1.90. The molecule has 48 valence electrons. The monoisotopic (exact) mass is 237 g/mol. The number of halogens is 2. The van der Waals surface area contributed by atoms with Crippen LogP contribution in [0.3, 0.4) is 0 Å². The zero-order chi connectivity index (χ0) is 6.69. The van der Waals surface area contributed by atoms with Crippen LogP contribution in [0.25, 0.3) is 0 Å². The molecule has 9 heavy (non-hydrogen) atoms. The number of pyridine rings is 1. The van der Waals surface area contributed by atoms with Crippen LogP contribution in [0.1, 0.15) is 5.69 Å². The van der Waals surface area contributed by atoms with Crippen LogP contribution in [-0.4, -0.2) is 4.98 Å². The fourth-order valence-electron chi connectivity index (χ4n) is 0.485. The molecule has 0 aromatic carbocycles. The minimum Gasteiger partial charge on any atom is -0.257 e. The molecule has 0 atom stereocenters. The maximum absolute atomic E-state index is 12.2. The summed E-state index contributed by atoms with van der Waals surface area (Å²) in [6.07, 6.45) is 1.23. The first-order valence-corrected chi connectivity index (χ1v) is 4.02. The summed E-state index contributed by atoms with van der Waals surface area (Å²) in [5.41, 5.74) is 0.914. The second kappa shape index (κ2) is 3.10. The average Bonchev–Trinajstić information content (AvgIpc) is 1.90. The molecule has 0 unspecified atom stereocenters. The Hall–Kier alpha value is -0.190. The molecule has 1 heterocycles. The molecule has 1 nitrogen and oxygen atoms in total. The van der Waals surface area contributed by atoms with E-state index in [0.717, 1.165) is 10.1 Å². The Bertz CT molecular complexity index is 185. The highest BCUT2D eigenvalue weighted by atomic mass is 127. The quantitative estimate of drug-likeness (QED) is 0.538. The average molecular weight is 237 g/mol. The Labute approximate surface area is 66.4 Å². The molecule has 0 aliphatic rings. The van der Waals surface area contributed by atoms with Crippen molar-refractivity contribution in [3.05, 3.63) is 29.8 Å². The van der Waals surface area contributed by atoms with Crippen molar-refractivity contribution in [2.45, 2.75) is 4.43 Å². The first-order valence-electron chi connectivity index (χ1n) is 2.49. The van der Waals surface area contributed by atoms with Gasteiger partial charge in [-0.15, -0.1) is 0 Å². The number of rotatable bonds is 1. The third kappa shape index (κ3) is 1.89. The van der Waals surface area contributed by atoms with E-state index >= 15 is 0 Å². The summed E-state index contributed by atoms with van der Waals surface area (Å²) in [4.78, 5) is 3.81. The SMILES string of the molecule is Fc1ccc(CI)nc1. The maximum Gasteiger partial charge on any atom is 0.141 e. The summed E-state index contributed by atoms with van der Waals surface area (Å²) in [6.45, 7) is 0. The molecular weight excluding hydrogens is 232 g/mol. The van der Waals surface area contributed by atoms with Crippen LogP contribution in [-0.2, 0) is 4.43 Å². The van der Waals surface area contributed by atoms with Crippen LogP contribution in [0.5, 0.6) is 0 Å². The standard InChI is InChI=1S/C6H5FIN/c7-5-1-2-6(3-8)9-4-5/h1-2,4H,3H2. The maximum atomic E-state index is 12.2. The highest BCUT2D eigenvalue weighted by Gasteiger charge is 1.90. The lowest BCUT2D eigenvalue weighted by atomic mass is 10.4. The first kappa shape index (κ1) is 6.92. The Morgan fingerprint density at radius 3 is 2.78 bits per heavy atom. The van der Waals surface area contributed by atoms with Crippen molar-refractivity contribution in [1.29, 1.82) is 0 Å². The van der Waals surface area contributed by atoms with E-state index in [1.165, 1.54) is 12.3 Å².